The maximum absolute atomic E-state index is 13.6. The molecule has 4 heteroatoms. The van der Waals surface area contributed by atoms with Gasteiger partial charge in [0, 0.05) is 18.0 Å². The van der Waals surface area contributed by atoms with E-state index in [1.807, 2.05) is 0 Å². The lowest BCUT2D eigenvalue weighted by molar-refractivity contribution is 0.0205. The summed E-state index contributed by atoms with van der Waals surface area (Å²) >= 11 is 0. The summed E-state index contributed by atoms with van der Waals surface area (Å²) in [7, 11) is 0. The van der Waals surface area contributed by atoms with Crippen LogP contribution in [0.2, 0.25) is 0 Å². The molecule has 0 amide bonds. The fraction of sp³-hybridized carbons (Fsp3) is 0.455. The highest BCUT2D eigenvalue weighted by molar-refractivity contribution is 5.36. The number of phenols is 1. The zero-order valence-electron chi connectivity index (χ0n) is 8.28. The normalized spacial score (nSPS) is 29.9. The van der Waals surface area contributed by atoms with E-state index in [0.29, 0.717) is 24.9 Å². The summed E-state index contributed by atoms with van der Waals surface area (Å²) in [5.74, 6) is -0.546. The molecule has 15 heavy (non-hydrogen) atoms. The summed E-state index contributed by atoms with van der Waals surface area (Å²) < 4.78 is 13.6. The van der Waals surface area contributed by atoms with Crippen molar-refractivity contribution in [2.45, 2.75) is 24.4 Å². The van der Waals surface area contributed by atoms with Crippen LogP contribution in [0.5, 0.6) is 5.75 Å². The first-order valence-corrected chi connectivity index (χ1v) is 4.94. The van der Waals surface area contributed by atoms with Crippen molar-refractivity contribution >= 4 is 0 Å². The summed E-state index contributed by atoms with van der Waals surface area (Å²) in [6.07, 6.45) is 0.595. The van der Waals surface area contributed by atoms with Gasteiger partial charge in [0.25, 0.3) is 0 Å². The van der Waals surface area contributed by atoms with Crippen LogP contribution in [0.3, 0.4) is 0 Å². The largest absolute Gasteiger partial charge is 0.508 e. The van der Waals surface area contributed by atoms with Gasteiger partial charge in [-0.1, -0.05) is 6.07 Å². The third kappa shape index (κ3) is 1.60. The Hall–Kier alpha value is -1.13. The minimum absolute atomic E-state index is 0.0942. The standard InChI is InChI=1S/C11H14FNO2/c12-10-3-7(14)1-2-9(10)11(6-13)4-8(15)5-11/h1-3,8,14-15H,4-6,13H2. The Morgan fingerprint density at radius 3 is 2.60 bits per heavy atom. The highest BCUT2D eigenvalue weighted by atomic mass is 19.1. The van der Waals surface area contributed by atoms with Crippen molar-refractivity contribution in [2.24, 2.45) is 5.73 Å². The molecule has 0 heterocycles. The molecular formula is C11H14FNO2. The second kappa shape index (κ2) is 3.47. The van der Waals surface area contributed by atoms with Crippen molar-refractivity contribution in [1.29, 1.82) is 0 Å². The number of rotatable bonds is 2. The summed E-state index contributed by atoms with van der Waals surface area (Å²) in [4.78, 5) is 0. The van der Waals surface area contributed by atoms with Crippen LogP contribution < -0.4 is 5.73 Å². The number of aromatic hydroxyl groups is 1. The van der Waals surface area contributed by atoms with Crippen LogP contribution in [0, 0.1) is 5.82 Å². The quantitative estimate of drug-likeness (QED) is 0.680. The number of hydrogen-bond acceptors (Lipinski definition) is 3. The van der Waals surface area contributed by atoms with E-state index in [1.165, 1.54) is 6.07 Å². The van der Waals surface area contributed by atoms with Crippen LogP contribution in [0.25, 0.3) is 0 Å². The molecule has 2 rings (SSSR count). The van der Waals surface area contributed by atoms with E-state index in [1.54, 1.807) is 6.07 Å². The number of phenolic OH excluding ortho intramolecular Hbond substituents is 1. The highest BCUT2D eigenvalue weighted by Crippen LogP contribution is 2.44. The molecule has 1 aromatic carbocycles. The zero-order chi connectivity index (χ0) is 11.1. The van der Waals surface area contributed by atoms with Crippen LogP contribution in [-0.4, -0.2) is 22.9 Å². The smallest absolute Gasteiger partial charge is 0.130 e. The lowest BCUT2D eigenvalue weighted by atomic mass is 9.62. The average molecular weight is 211 g/mol. The van der Waals surface area contributed by atoms with E-state index >= 15 is 0 Å². The van der Waals surface area contributed by atoms with Gasteiger partial charge in [-0.05, 0) is 24.5 Å². The van der Waals surface area contributed by atoms with Gasteiger partial charge in [-0.25, -0.2) is 4.39 Å². The van der Waals surface area contributed by atoms with Gasteiger partial charge in [-0.2, -0.15) is 0 Å². The Bertz CT molecular complexity index is 375. The number of aliphatic hydroxyl groups is 1. The first kappa shape index (κ1) is 10.4. The summed E-state index contributed by atoms with van der Waals surface area (Å²) in [6, 6.07) is 4.07. The Labute approximate surface area is 87.3 Å². The predicted molar refractivity (Wildman–Crippen MR) is 54.0 cm³/mol. The second-order valence-electron chi connectivity index (χ2n) is 4.21. The monoisotopic (exact) mass is 211 g/mol. The molecule has 0 unspecified atom stereocenters. The van der Waals surface area contributed by atoms with Gasteiger partial charge in [0.1, 0.15) is 11.6 Å². The Kier molecular flexibility index (Phi) is 2.40. The minimum atomic E-state index is -0.452. The molecule has 1 saturated carbocycles. The van der Waals surface area contributed by atoms with E-state index in [-0.39, 0.29) is 11.9 Å². The van der Waals surface area contributed by atoms with Crippen molar-refractivity contribution in [3.8, 4) is 5.75 Å². The molecule has 4 N–H and O–H groups in total. The fourth-order valence-corrected chi connectivity index (χ4v) is 2.27. The lowest BCUT2D eigenvalue weighted by Gasteiger charge is -2.45. The molecule has 0 aromatic heterocycles. The highest BCUT2D eigenvalue weighted by Gasteiger charge is 2.45. The number of hydrogen-bond donors (Lipinski definition) is 3. The lowest BCUT2D eigenvalue weighted by Crippen LogP contribution is -2.50. The van der Waals surface area contributed by atoms with Crippen LogP contribution in [0.15, 0.2) is 18.2 Å². The third-order valence-corrected chi connectivity index (χ3v) is 3.17. The topological polar surface area (TPSA) is 66.5 Å². The number of aliphatic hydroxyl groups excluding tert-OH is 1. The van der Waals surface area contributed by atoms with E-state index in [4.69, 9.17) is 10.8 Å². The van der Waals surface area contributed by atoms with Crippen LogP contribution >= 0.6 is 0 Å². The maximum Gasteiger partial charge on any atom is 0.130 e. The molecule has 0 spiro atoms. The fourth-order valence-electron chi connectivity index (χ4n) is 2.27. The summed E-state index contributed by atoms with van der Waals surface area (Å²) in [5.41, 5.74) is 5.68. The molecule has 1 aromatic rings. The molecule has 0 bridgehead atoms. The van der Waals surface area contributed by atoms with Crippen molar-refractivity contribution in [1.82, 2.24) is 0 Å². The molecule has 0 aliphatic heterocycles. The molecule has 0 radical (unpaired) electrons. The molecule has 0 saturated heterocycles. The maximum atomic E-state index is 13.6. The van der Waals surface area contributed by atoms with Crippen molar-refractivity contribution in [3.05, 3.63) is 29.6 Å². The molecule has 0 atom stereocenters. The van der Waals surface area contributed by atoms with Gasteiger partial charge in [0.05, 0.1) is 6.10 Å². The minimum Gasteiger partial charge on any atom is -0.508 e. The van der Waals surface area contributed by atoms with Gasteiger partial charge in [0.2, 0.25) is 0 Å². The first-order valence-electron chi connectivity index (χ1n) is 4.94. The van der Waals surface area contributed by atoms with Crippen LogP contribution in [-0.2, 0) is 5.41 Å². The SMILES string of the molecule is NCC1(c2ccc(O)cc2F)CC(O)C1. The average Bonchev–Trinajstić information content (AvgIpc) is 2.13. The molecule has 1 fully saturated rings. The van der Waals surface area contributed by atoms with Crippen molar-refractivity contribution in [3.63, 3.8) is 0 Å². The number of halogens is 1. The van der Waals surface area contributed by atoms with Gasteiger partial charge in [-0.3, -0.25) is 0 Å². The molecule has 82 valence electrons. The first-order chi connectivity index (χ1) is 7.07. The molecule has 1 aliphatic carbocycles. The molecular weight excluding hydrogens is 197 g/mol. The van der Waals surface area contributed by atoms with Crippen LogP contribution in [0.1, 0.15) is 18.4 Å². The Morgan fingerprint density at radius 2 is 2.13 bits per heavy atom. The van der Waals surface area contributed by atoms with Gasteiger partial charge in [-0.15, -0.1) is 0 Å². The Morgan fingerprint density at radius 1 is 1.47 bits per heavy atom. The van der Waals surface area contributed by atoms with Crippen molar-refractivity contribution < 1.29 is 14.6 Å². The molecule has 1 aliphatic rings. The van der Waals surface area contributed by atoms with Gasteiger partial charge < -0.3 is 15.9 Å². The van der Waals surface area contributed by atoms with E-state index < -0.39 is 11.2 Å². The summed E-state index contributed by atoms with van der Waals surface area (Å²) in [6.45, 7) is 0.311. The number of benzene rings is 1. The van der Waals surface area contributed by atoms with Crippen LogP contribution in [0.4, 0.5) is 4.39 Å². The third-order valence-electron chi connectivity index (χ3n) is 3.17. The van der Waals surface area contributed by atoms with E-state index in [0.717, 1.165) is 6.07 Å². The van der Waals surface area contributed by atoms with Crippen molar-refractivity contribution in [2.75, 3.05) is 6.54 Å². The van der Waals surface area contributed by atoms with E-state index in [2.05, 4.69) is 0 Å². The molecule has 3 nitrogen and oxygen atoms in total. The van der Waals surface area contributed by atoms with Gasteiger partial charge in [0.15, 0.2) is 0 Å². The van der Waals surface area contributed by atoms with Gasteiger partial charge >= 0.3 is 0 Å². The number of nitrogens with two attached hydrogens (primary N) is 1. The Balaban J connectivity index is 2.36. The predicted octanol–water partition coefficient (Wildman–Crippen LogP) is 0.883. The second-order valence-corrected chi connectivity index (χ2v) is 4.21. The summed E-state index contributed by atoms with van der Waals surface area (Å²) in [5, 5.41) is 18.4. The zero-order valence-corrected chi connectivity index (χ0v) is 8.28. The van der Waals surface area contributed by atoms with E-state index in [9.17, 15) is 9.50 Å².